The van der Waals surface area contributed by atoms with E-state index in [0.717, 1.165) is 22.2 Å². The van der Waals surface area contributed by atoms with Gasteiger partial charge in [0.1, 0.15) is 11.6 Å². The van der Waals surface area contributed by atoms with Crippen LogP contribution in [-0.2, 0) is 16.1 Å². The Morgan fingerprint density at radius 2 is 2.00 bits per heavy atom. The summed E-state index contributed by atoms with van der Waals surface area (Å²) < 4.78 is 16.0. The number of pyridine rings is 1. The maximum Gasteiger partial charge on any atom is 0.146 e. The Labute approximate surface area is 124 Å². The lowest BCUT2D eigenvalue weighted by Gasteiger charge is -2.11. The lowest BCUT2D eigenvalue weighted by Crippen LogP contribution is -2.12. The fourth-order valence-electron chi connectivity index (χ4n) is 2.00. The predicted octanol–water partition coefficient (Wildman–Crippen LogP) is 2.08. The Morgan fingerprint density at radius 1 is 1.19 bits per heavy atom. The van der Waals surface area contributed by atoms with Crippen molar-refractivity contribution >= 4 is 16.7 Å². The molecule has 1 aromatic heterocycles. The molecule has 6 heteroatoms. The number of rotatable bonds is 8. The number of fused-ring (bicyclic) bond motifs is 1. The van der Waals surface area contributed by atoms with Crippen LogP contribution in [0, 0.1) is 0 Å². The fraction of sp³-hybridized carbons (Fsp3) is 0.400. The molecule has 0 spiro atoms. The Bertz CT molecular complexity index is 590. The summed E-state index contributed by atoms with van der Waals surface area (Å²) in [7, 11) is 1.63. The van der Waals surface area contributed by atoms with Crippen LogP contribution in [0.4, 0.5) is 5.82 Å². The summed E-state index contributed by atoms with van der Waals surface area (Å²) in [5, 5.41) is 1.01. The van der Waals surface area contributed by atoms with E-state index in [1.54, 1.807) is 7.11 Å². The van der Waals surface area contributed by atoms with Crippen molar-refractivity contribution in [3.63, 3.8) is 0 Å². The molecule has 0 radical (unpaired) electrons. The fourth-order valence-corrected chi connectivity index (χ4v) is 2.00. The largest absolute Gasteiger partial charge is 0.497 e. The molecule has 2 aromatic rings. The van der Waals surface area contributed by atoms with Crippen LogP contribution in [0.3, 0.4) is 0 Å². The van der Waals surface area contributed by atoms with Crippen LogP contribution in [0.1, 0.15) is 12.5 Å². The molecule has 0 aliphatic heterocycles. The molecule has 6 nitrogen and oxygen atoms in total. The number of methoxy groups -OCH3 is 1. The van der Waals surface area contributed by atoms with Gasteiger partial charge in [-0.25, -0.2) is 10.8 Å². The van der Waals surface area contributed by atoms with Gasteiger partial charge in [-0.2, -0.15) is 0 Å². The average Bonchev–Trinajstić information content (AvgIpc) is 2.53. The summed E-state index contributed by atoms with van der Waals surface area (Å²) in [6.45, 7) is 4.20. The SMILES string of the molecule is CCOCCOCc1cc2ccc(OC)cc2nc1NN. The highest BCUT2D eigenvalue weighted by Crippen LogP contribution is 2.24. The molecule has 0 saturated heterocycles. The van der Waals surface area contributed by atoms with Crippen LogP contribution >= 0.6 is 0 Å². The lowest BCUT2D eigenvalue weighted by atomic mass is 10.1. The minimum atomic E-state index is 0.432. The summed E-state index contributed by atoms with van der Waals surface area (Å²) in [6.07, 6.45) is 0. The van der Waals surface area contributed by atoms with Gasteiger partial charge >= 0.3 is 0 Å². The number of hydrogen-bond acceptors (Lipinski definition) is 6. The first-order chi connectivity index (χ1) is 10.3. The highest BCUT2D eigenvalue weighted by molar-refractivity contribution is 5.83. The van der Waals surface area contributed by atoms with Crippen molar-refractivity contribution in [3.05, 3.63) is 29.8 Å². The van der Waals surface area contributed by atoms with Crippen molar-refractivity contribution in [3.8, 4) is 5.75 Å². The number of nitrogens with one attached hydrogen (secondary N) is 1. The highest BCUT2D eigenvalue weighted by Gasteiger charge is 2.07. The number of hydrogen-bond donors (Lipinski definition) is 2. The minimum Gasteiger partial charge on any atom is -0.497 e. The molecule has 0 aliphatic carbocycles. The molecule has 3 N–H and O–H groups in total. The second-order valence-corrected chi connectivity index (χ2v) is 4.45. The molecular formula is C15H21N3O3. The quantitative estimate of drug-likeness (QED) is 0.440. The molecule has 0 fully saturated rings. The molecule has 0 saturated carbocycles. The number of ether oxygens (including phenoxy) is 3. The number of anilines is 1. The molecular weight excluding hydrogens is 270 g/mol. The predicted molar refractivity (Wildman–Crippen MR) is 82.3 cm³/mol. The van der Waals surface area contributed by atoms with Crippen LogP contribution in [-0.4, -0.2) is 31.9 Å². The van der Waals surface area contributed by atoms with Gasteiger partial charge in [0, 0.05) is 23.6 Å². The number of hydrazine groups is 1. The second kappa shape index (κ2) is 7.78. The first kappa shape index (κ1) is 15.5. The summed E-state index contributed by atoms with van der Waals surface area (Å²) in [5.41, 5.74) is 4.34. The van der Waals surface area contributed by atoms with Gasteiger partial charge in [-0.05, 0) is 25.1 Å². The molecule has 0 atom stereocenters. The number of nitrogens with two attached hydrogens (primary N) is 1. The van der Waals surface area contributed by atoms with Crippen LogP contribution < -0.4 is 16.0 Å². The molecule has 0 aliphatic rings. The monoisotopic (exact) mass is 291 g/mol. The van der Waals surface area contributed by atoms with E-state index in [9.17, 15) is 0 Å². The highest BCUT2D eigenvalue weighted by atomic mass is 16.5. The Morgan fingerprint density at radius 3 is 2.71 bits per heavy atom. The molecule has 0 unspecified atom stereocenters. The van der Waals surface area contributed by atoms with Gasteiger partial charge in [0.05, 0.1) is 32.4 Å². The van der Waals surface area contributed by atoms with Gasteiger partial charge in [0.15, 0.2) is 0 Å². The zero-order chi connectivity index (χ0) is 15.1. The lowest BCUT2D eigenvalue weighted by molar-refractivity contribution is 0.0454. The number of nitrogen functional groups attached to an aromatic ring is 1. The number of aromatic nitrogens is 1. The van der Waals surface area contributed by atoms with Gasteiger partial charge in [0.2, 0.25) is 0 Å². The topological polar surface area (TPSA) is 78.6 Å². The van der Waals surface area contributed by atoms with E-state index in [-0.39, 0.29) is 0 Å². The van der Waals surface area contributed by atoms with E-state index in [1.807, 2.05) is 31.2 Å². The Kier molecular flexibility index (Phi) is 5.74. The average molecular weight is 291 g/mol. The van der Waals surface area contributed by atoms with Crippen LogP contribution in [0.25, 0.3) is 10.9 Å². The van der Waals surface area contributed by atoms with Gasteiger partial charge in [-0.1, -0.05) is 0 Å². The third kappa shape index (κ3) is 4.04. The smallest absolute Gasteiger partial charge is 0.146 e. The van der Waals surface area contributed by atoms with Crippen LogP contribution in [0.15, 0.2) is 24.3 Å². The molecule has 114 valence electrons. The Hall–Kier alpha value is -1.89. The van der Waals surface area contributed by atoms with Crippen LogP contribution in [0.5, 0.6) is 5.75 Å². The second-order valence-electron chi connectivity index (χ2n) is 4.45. The molecule has 1 heterocycles. The summed E-state index contributed by atoms with van der Waals surface area (Å²) in [5.74, 6) is 6.91. The van der Waals surface area contributed by atoms with Crippen molar-refractivity contribution in [2.75, 3.05) is 32.4 Å². The van der Waals surface area contributed by atoms with Crippen molar-refractivity contribution < 1.29 is 14.2 Å². The maximum atomic E-state index is 5.57. The van der Waals surface area contributed by atoms with Crippen molar-refractivity contribution in [1.29, 1.82) is 0 Å². The van der Waals surface area contributed by atoms with E-state index >= 15 is 0 Å². The third-order valence-electron chi connectivity index (χ3n) is 3.07. The molecule has 0 bridgehead atoms. The van der Waals surface area contributed by atoms with E-state index in [1.165, 1.54) is 0 Å². The van der Waals surface area contributed by atoms with Crippen molar-refractivity contribution in [1.82, 2.24) is 4.98 Å². The first-order valence-corrected chi connectivity index (χ1v) is 6.88. The van der Waals surface area contributed by atoms with Gasteiger partial charge in [-0.3, -0.25) is 0 Å². The van der Waals surface area contributed by atoms with Crippen molar-refractivity contribution in [2.24, 2.45) is 5.84 Å². The van der Waals surface area contributed by atoms with Crippen LogP contribution in [0.2, 0.25) is 0 Å². The van der Waals surface area contributed by atoms with Gasteiger partial charge < -0.3 is 19.6 Å². The maximum absolute atomic E-state index is 5.57. The summed E-state index contributed by atoms with van der Waals surface area (Å²) >= 11 is 0. The zero-order valence-corrected chi connectivity index (χ0v) is 12.4. The zero-order valence-electron chi connectivity index (χ0n) is 12.4. The minimum absolute atomic E-state index is 0.432. The molecule has 0 amide bonds. The summed E-state index contributed by atoms with van der Waals surface area (Å²) in [4.78, 5) is 4.49. The Balaban J connectivity index is 2.14. The van der Waals surface area contributed by atoms with Gasteiger partial charge in [0.25, 0.3) is 0 Å². The standard InChI is InChI=1S/C15H21N3O3/c1-3-20-6-7-21-10-12-8-11-4-5-13(19-2)9-14(11)17-15(12)18-16/h4-5,8-9H,3,6-7,10,16H2,1-2H3,(H,17,18). The van der Waals surface area contributed by atoms with E-state index in [2.05, 4.69) is 10.4 Å². The molecule has 21 heavy (non-hydrogen) atoms. The van der Waals surface area contributed by atoms with E-state index < -0.39 is 0 Å². The number of benzene rings is 1. The number of nitrogens with zero attached hydrogens (tertiary/aromatic N) is 1. The third-order valence-corrected chi connectivity index (χ3v) is 3.07. The molecule has 2 rings (SSSR count). The van der Waals surface area contributed by atoms with E-state index in [4.69, 9.17) is 20.1 Å². The van der Waals surface area contributed by atoms with Crippen molar-refractivity contribution in [2.45, 2.75) is 13.5 Å². The summed E-state index contributed by atoms with van der Waals surface area (Å²) in [6, 6.07) is 7.75. The van der Waals surface area contributed by atoms with E-state index in [0.29, 0.717) is 32.2 Å². The first-order valence-electron chi connectivity index (χ1n) is 6.88. The normalized spacial score (nSPS) is 10.8. The molecule has 1 aromatic carbocycles. The van der Waals surface area contributed by atoms with Gasteiger partial charge in [-0.15, -0.1) is 0 Å².